The number of sulfone groups is 1. The van der Waals surface area contributed by atoms with Gasteiger partial charge in [0.2, 0.25) is 0 Å². The molecule has 0 bridgehead atoms. The topological polar surface area (TPSA) is 78.9 Å². The van der Waals surface area contributed by atoms with Crippen LogP contribution in [0, 0.1) is 0 Å². The van der Waals surface area contributed by atoms with Gasteiger partial charge in [0.15, 0.2) is 15.3 Å². The Morgan fingerprint density at radius 1 is 1.17 bits per heavy atom. The van der Waals surface area contributed by atoms with E-state index in [-0.39, 0.29) is 13.2 Å². The molecule has 1 aliphatic rings. The van der Waals surface area contributed by atoms with Crippen LogP contribution < -0.4 is 0 Å². The van der Waals surface area contributed by atoms with E-state index in [0.29, 0.717) is 26.1 Å². The lowest BCUT2D eigenvalue weighted by Gasteiger charge is -2.24. The van der Waals surface area contributed by atoms with Crippen LogP contribution in [0.25, 0.3) is 0 Å². The van der Waals surface area contributed by atoms with Crippen molar-refractivity contribution in [2.75, 3.05) is 31.9 Å². The average molecular weight is 300 g/mol. The molecule has 0 unspecified atom stereocenters. The smallest absolute Gasteiger partial charge is 0.345 e. The summed E-state index contributed by atoms with van der Waals surface area (Å²) >= 11 is 0. The molecule has 0 spiro atoms. The fourth-order valence-corrected chi connectivity index (χ4v) is 6.84. The van der Waals surface area contributed by atoms with Crippen molar-refractivity contribution in [3.8, 4) is 0 Å². The van der Waals surface area contributed by atoms with Crippen molar-refractivity contribution in [3.05, 3.63) is 0 Å². The van der Waals surface area contributed by atoms with Crippen molar-refractivity contribution in [3.63, 3.8) is 0 Å². The second-order valence-corrected chi connectivity index (χ2v) is 8.81. The van der Waals surface area contributed by atoms with E-state index in [0.717, 1.165) is 0 Å². The molecule has 0 aliphatic carbocycles. The Hall–Kier alpha value is 0.0600. The molecule has 0 N–H and O–H groups in total. The van der Waals surface area contributed by atoms with Crippen molar-refractivity contribution in [2.45, 2.75) is 31.9 Å². The first-order chi connectivity index (χ1) is 8.43. The largest absolute Gasteiger partial charge is 0.381 e. The van der Waals surface area contributed by atoms with E-state index >= 15 is 0 Å². The summed E-state index contributed by atoms with van der Waals surface area (Å²) < 4.78 is 51.7. The summed E-state index contributed by atoms with van der Waals surface area (Å²) in [5.41, 5.74) is -0.535. The summed E-state index contributed by atoms with van der Waals surface area (Å²) in [5.74, 6) is 0. The van der Waals surface area contributed by atoms with Crippen LogP contribution in [0.2, 0.25) is 0 Å². The van der Waals surface area contributed by atoms with Crippen LogP contribution in [0.5, 0.6) is 0 Å². The minimum atomic E-state index is -3.54. The molecule has 6 nitrogen and oxygen atoms in total. The second kappa shape index (κ2) is 7.01. The zero-order valence-electron chi connectivity index (χ0n) is 10.8. The van der Waals surface area contributed by atoms with Gasteiger partial charge in [0, 0.05) is 13.2 Å². The molecule has 18 heavy (non-hydrogen) atoms. The van der Waals surface area contributed by atoms with Gasteiger partial charge in [-0.3, -0.25) is 4.57 Å². The van der Waals surface area contributed by atoms with Crippen molar-refractivity contribution < 1.29 is 26.8 Å². The molecule has 1 fully saturated rings. The van der Waals surface area contributed by atoms with E-state index < -0.39 is 28.2 Å². The van der Waals surface area contributed by atoms with E-state index in [1.165, 1.54) is 0 Å². The zero-order chi connectivity index (χ0) is 13.6. The van der Waals surface area contributed by atoms with Crippen LogP contribution in [0.3, 0.4) is 0 Å². The summed E-state index contributed by atoms with van der Waals surface area (Å²) in [5, 5.41) is -0.500. The van der Waals surface area contributed by atoms with Gasteiger partial charge in [-0.2, -0.15) is 0 Å². The fraction of sp³-hybridized carbons (Fsp3) is 1.00. The number of ether oxygens (including phenoxy) is 1. The number of rotatable bonds is 7. The molecule has 0 aromatic heterocycles. The van der Waals surface area contributed by atoms with Crippen LogP contribution in [0.4, 0.5) is 0 Å². The fourth-order valence-electron chi connectivity index (χ4n) is 1.87. The lowest BCUT2D eigenvalue weighted by atomic mass is 10.2. The average Bonchev–Trinajstić information content (AvgIpc) is 2.29. The van der Waals surface area contributed by atoms with Crippen molar-refractivity contribution in [1.29, 1.82) is 0 Å². The van der Waals surface area contributed by atoms with Gasteiger partial charge in [0.25, 0.3) is 0 Å². The van der Waals surface area contributed by atoms with Crippen LogP contribution in [0.1, 0.15) is 26.7 Å². The lowest BCUT2D eigenvalue weighted by Crippen LogP contribution is -2.31. The first-order valence-corrected chi connectivity index (χ1v) is 9.55. The molecule has 1 aliphatic heterocycles. The summed E-state index contributed by atoms with van der Waals surface area (Å²) in [4.78, 5) is 0. The molecule has 0 saturated carbocycles. The predicted octanol–water partition coefficient (Wildman–Crippen LogP) is 1.80. The molecule has 1 saturated heterocycles. The molecule has 0 aromatic rings. The highest BCUT2D eigenvalue weighted by atomic mass is 32.2. The highest BCUT2D eigenvalue weighted by molar-refractivity contribution is 7.98. The highest BCUT2D eigenvalue weighted by Gasteiger charge is 2.37. The summed E-state index contributed by atoms with van der Waals surface area (Å²) in [7, 11) is -7.01. The molecular formula is C10H21O6PS. The van der Waals surface area contributed by atoms with Gasteiger partial charge in [0.05, 0.1) is 18.5 Å². The number of hydrogen-bond acceptors (Lipinski definition) is 6. The third kappa shape index (κ3) is 4.63. The maximum Gasteiger partial charge on any atom is 0.345 e. The normalized spacial score (nSPS) is 19.0. The van der Waals surface area contributed by atoms with Crippen molar-refractivity contribution >= 4 is 17.4 Å². The Kier molecular flexibility index (Phi) is 6.27. The molecule has 0 amide bonds. The van der Waals surface area contributed by atoms with Crippen molar-refractivity contribution in [2.24, 2.45) is 0 Å². The summed E-state index contributed by atoms with van der Waals surface area (Å²) in [6.07, 6.45) is 0.890. The van der Waals surface area contributed by atoms with Gasteiger partial charge in [-0.15, -0.1) is 0 Å². The third-order valence-electron chi connectivity index (χ3n) is 2.67. The van der Waals surface area contributed by atoms with Gasteiger partial charge < -0.3 is 13.8 Å². The zero-order valence-corrected chi connectivity index (χ0v) is 12.5. The Balaban J connectivity index is 2.75. The minimum absolute atomic E-state index is 0.167. The van der Waals surface area contributed by atoms with E-state index in [4.69, 9.17) is 13.8 Å². The molecule has 8 heteroatoms. The lowest BCUT2D eigenvalue weighted by molar-refractivity contribution is 0.0983. The third-order valence-corrected chi connectivity index (χ3v) is 8.16. The second-order valence-electron chi connectivity index (χ2n) is 4.05. The van der Waals surface area contributed by atoms with Gasteiger partial charge in [0.1, 0.15) is 0 Å². The Morgan fingerprint density at radius 3 is 2.11 bits per heavy atom. The van der Waals surface area contributed by atoms with Crippen molar-refractivity contribution in [1.82, 2.24) is 0 Å². The van der Waals surface area contributed by atoms with Crippen LogP contribution in [-0.2, 0) is 28.2 Å². The molecular weight excluding hydrogens is 279 g/mol. The minimum Gasteiger partial charge on any atom is -0.381 e. The number of hydrogen-bond donors (Lipinski definition) is 0. The monoisotopic (exact) mass is 300 g/mol. The van der Waals surface area contributed by atoms with Crippen LogP contribution >= 0.6 is 7.60 Å². The molecule has 0 atom stereocenters. The summed E-state index contributed by atoms with van der Waals surface area (Å²) in [6.45, 7) is 4.51. The first-order valence-electron chi connectivity index (χ1n) is 6.11. The SMILES string of the molecule is CCOP(=O)(CS(=O)(=O)C1CCOCC1)OCC. The maximum atomic E-state index is 12.2. The quantitative estimate of drug-likeness (QED) is 0.667. The molecule has 1 heterocycles. The van der Waals surface area contributed by atoms with Crippen LogP contribution in [0.15, 0.2) is 0 Å². The summed E-state index contributed by atoms with van der Waals surface area (Å²) in [6, 6.07) is 0. The van der Waals surface area contributed by atoms with Gasteiger partial charge >= 0.3 is 7.60 Å². The Morgan fingerprint density at radius 2 is 1.67 bits per heavy atom. The standard InChI is InChI=1S/C10H21O6PS/c1-3-15-17(11,16-4-2)9-18(12,13)10-5-7-14-8-6-10/h10H,3-9H2,1-2H3. The Labute approximate surface area is 108 Å². The molecule has 1 rings (SSSR count). The van der Waals surface area contributed by atoms with Crippen LogP contribution in [-0.4, -0.2) is 45.6 Å². The Bertz CT molecular complexity index is 377. The van der Waals surface area contributed by atoms with Gasteiger partial charge in [-0.05, 0) is 26.7 Å². The highest BCUT2D eigenvalue weighted by Crippen LogP contribution is 2.50. The molecule has 0 aromatic carbocycles. The molecule has 108 valence electrons. The first kappa shape index (κ1) is 16.1. The predicted molar refractivity (Wildman–Crippen MR) is 68.5 cm³/mol. The van der Waals surface area contributed by atoms with E-state index in [1.54, 1.807) is 13.8 Å². The van der Waals surface area contributed by atoms with E-state index in [1.807, 2.05) is 0 Å². The van der Waals surface area contributed by atoms with E-state index in [2.05, 4.69) is 0 Å². The van der Waals surface area contributed by atoms with Gasteiger partial charge in [-0.25, -0.2) is 8.42 Å². The van der Waals surface area contributed by atoms with Gasteiger partial charge in [-0.1, -0.05) is 0 Å². The maximum absolute atomic E-state index is 12.2. The van der Waals surface area contributed by atoms with E-state index in [9.17, 15) is 13.0 Å². The molecule has 0 radical (unpaired) electrons.